The van der Waals surface area contributed by atoms with Crippen molar-refractivity contribution in [3.63, 3.8) is 0 Å². The van der Waals surface area contributed by atoms with Gasteiger partial charge < -0.3 is 10.0 Å². The zero-order valence-electron chi connectivity index (χ0n) is 18.7. The maximum atomic E-state index is 11.3. The molecule has 0 aliphatic rings. The van der Waals surface area contributed by atoms with Crippen LogP contribution in [0.2, 0.25) is 0 Å². The van der Waals surface area contributed by atoms with Crippen LogP contribution >= 0.6 is 0 Å². The van der Waals surface area contributed by atoms with Crippen LogP contribution in [-0.2, 0) is 10.1 Å². The zero-order chi connectivity index (χ0) is 22.0. The average Bonchev–Trinajstić information content (AvgIpc) is 2.63. The molecular weight excluding hydrogens is 388 g/mol. The number of nitrogens with zero attached hydrogens (tertiary/aromatic N) is 2. The van der Waals surface area contributed by atoms with E-state index in [1.54, 1.807) is 0 Å². The summed E-state index contributed by atoms with van der Waals surface area (Å²) in [5.41, 5.74) is 1.14. The fourth-order valence-electron chi connectivity index (χ4n) is 4.09. The van der Waals surface area contributed by atoms with Gasteiger partial charge in [-0.1, -0.05) is 50.1 Å². The molecule has 4 unspecified atom stereocenters. The number of hydrogen-bond donors (Lipinski definition) is 2. The minimum atomic E-state index is -4.02. The first-order valence-corrected chi connectivity index (χ1v) is 12.2. The van der Waals surface area contributed by atoms with E-state index in [1.165, 1.54) is 0 Å². The number of rotatable bonds is 14. The van der Waals surface area contributed by atoms with Gasteiger partial charge in [0.15, 0.2) is 0 Å². The standard InChI is InChI=1S/C22H40N2O4S/c1-6-7-11-20(16-21(18(2)25)17-23(3)4)22(19-12-9-8-10-13-19)24(5)14-15-29(26,27)28/h8-10,12-13,18,20-22,25H,6-7,11,14-17H2,1-5H3,(H,26,27,28). The summed E-state index contributed by atoms with van der Waals surface area (Å²) in [7, 11) is 1.94. The Kier molecular flexibility index (Phi) is 11.4. The maximum absolute atomic E-state index is 11.3. The molecule has 1 aromatic carbocycles. The number of aliphatic hydroxyl groups is 1. The number of hydrogen-bond acceptors (Lipinski definition) is 5. The van der Waals surface area contributed by atoms with Gasteiger partial charge in [-0.05, 0) is 58.3 Å². The van der Waals surface area contributed by atoms with Crippen LogP contribution in [0, 0.1) is 11.8 Å². The normalized spacial score (nSPS) is 16.7. The summed E-state index contributed by atoms with van der Waals surface area (Å²) in [4.78, 5) is 4.14. The molecule has 0 amide bonds. The third-order valence-corrected chi connectivity index (χ3v) is 6.28. The minimum Gasteiger partial charge on any atom is -0.393 e. The first-order chi connectivity index (χ1) is 13.5. The number of benzene rings is 1. The molecule has 0 saturated heterocycles. The molecule has 29 heavy (non-hydrogen) atoms. The lowest BCUT2D eigenvalue weighted by Crippen LogP contribution is -2.37. The fourth-order valence-corrected chi connectivity index (χ4v) is 4.61. The molecule has 0 radical (unpaired) electrons. The molecule has 2 N–H and O–H groups in total. The molecule has 1 rings (SSSR count). The Hall–Kier alpha value is -0.990. The van der Waals surface area contributed by atoms with Gasteiger partial charge in [-0.3, -0.25) is 9.45 Å². The van der Waals surface area contributed by atoms with Crippen LogP contribution in [0.15, 0.2) is 30.3 Å². The van der Waals surface area contributed by atoms with E-state index in [0.29, 0.717) is 0 Å². The molecule has 0 aromatic heterocycles. The average molecular weight is 429 g/mol. The molecule has 0 aliphatic carbocycles. The summed E-state index contributed by atoms with van der Waals surface area (Å²) in [6.45, 7) is 5.08. The first kappa shape index (κ1) is 26.0. The summed E-state index contributed by atoms with van der Waals surface area (Å²) < 4.78 is 31.9. The van der Waals surface area contributed by atoms with Crippen LogP contribution in [0.3, 0.4) is 0 Å². The highest BCUT2D eigenvalue weighted by Gasteiger charge is 2.31. The zero-order valence-corrected chi connectivity index (χ0v) is 19.5. The molecule has 0 saturated carbocycles. The predicted octanol–water partition coefficient (Wildman–Crippen LogP) is 3.30. The molecule has 0 heterocycles. The fraction of sp³-hybridized carbons (Fsp3) is 0.727. The number of aliphatic hydroxyl groups excluding tert-OH is 1. The second kappa shape index (κ2) is 12.6. The van der Waals surface area contributed by atoms with Gasteiger partial charge >= 0.3 is 0 Å². The van der Waals surface area contributed by atoms with Crippen molar-refractivity contribution in [2.75, 3.05) is 40.0 Å². The lowest BCUT2D eigenvalue weighted by atomic mass is 9.80. The van der Waals surface area contributed by atoms with E-state index in [9.17, 15) is 18.1 Å². The van der Waals surface area contributed by atoms with Crippen molar-refractivity contribution in [3.05, 3.63) is 35.9 Å². The van der Waals surface area contributed by atoms with Crippen LogP contribution in [0.4, 0.5) is 0 Å². The Morgan fingerprint density at radius 1 is 1.07 bits per heavy atom. The highest BCUT2D eigenvalue weighted by molar-refractivity contribution is 7.85. The van der Waals surface area contributed by atoms with Crippen molar-refractivity contribution in [1.82, 2.24) is 9.80 Å². The van der Waals surface area contributed by atoms with Gasteiger partial charge in [0.1, 0.15) is 0 Å². The van der Waals surface area contributed by atoms with Gasteiger partial charge in [0.2, 0.25) is 0 Å². The minimum absolute atomic E-state index is 0.0212. The van der Waals surface area contributed by atoms with Crippen molar-refractivity contribution in [2.24, 2.45) is 11.8 Å². The molecule has 0 bridgehead atoms. The van der Waals surface area contributed by atoms with Crippen LogP contribution < -0.4 is 0 Å². The van der Waals surface area contributed by atoms with Gasteiger partial charge in [0.05, 0.1) is 11.9 Å². The quantitative estimate of drug-likeness (QED) is 0.443. The summed E-state index contributed by atoms with van der Waals surface area (Å²) in [5, 5.41) is 10.4. The van der Waals surface area contributed by atoms with E-state index in [2.05, 4.69) is 24.0 Å². The van der Waals surface area contributed by atoms with Crippen molar-refractivity contribution in [3.8, 4) is 0 Å². The number of unbranched alkanes of at least 4 members (excludes halogenated alkanes) is 1. The molecule has 168 valence electrons. The second-order valence-electron chi connectivity index (χ2n) is 8.52. The van der Waals surface area contributed by atoms with E-state index < -0.39 is 16.2 Å². The van der Waals surface area contributed by atoms with E-state index in [0.717, 1.165) is 37.8 Å². The monoisotopic (exact) mass is 428 g/mol. The largest absolute Gasteiger partial charge is 0.393 e. The highest BCUT2D eigenvalue weighted by Crippen LogP contribution is 2.36. The molecule has 7 heteroatoms. The highest BCUT2D eigenvalue weighted by atomic mass is 32.2. The third kappa shape index (κ3) is 10.0. The molecule has 0 spiro atoms. The molecule has 6 nitrogen and oxygen atoms in total. The van der Waals surface area contributed by atoms with Gasteiger partial charge in [-0.25, -0.2) is 0 Å². The Morgan fingerprint density at radius 3 is 2.17 bits per heavy atom. The first-order valence-electron chi connectivity index (χ1n) is 10.6. The van der Waals surface area contributed by atoms with E-state index >= 15 is 0 Å². The van der Waals surface area contributed by atoms with Crippen molar-refractivity contribution in [2.45, 2.75) is 51.7 Å². The smallest absolute Gasteiger partial charge is 0.266 e. The Bertz CT molecular complexity index is 665. The Balaban J connectivity index is 3.20. The molecule has 0 fully saturated rings. The van der Waals surface area contributed by atoms with E-state index in [-0.39, 0.29) is 30.2 Å². The van der Waals surface area contributed by atoms with Crippen LogP contribution in [0.25, 0.3) is 0 Å². The van der Waals surface area contributed by atoms with Gasteiger partial charge in [-0.2, -0.15) is 8.42 Å². The SMILES string of the molecule is CCCCC(CC(CN(C)C)C(C)O)C(c1ccccc1)N(C)CCS(=O)(=O)O. The third-order valence-electron chi connectivity index (χ3n) is 5.58. The summed E-state index contributed by atoms with van der Waals surface area (Å²) in [5.74, 6) is 0.113. The Morgan fingerprint density at radius 2 is 1.69 bits per heavy atom. The molecule has 0 aliphatic heterocycles. The van der Waals surface area contributed by atoms with E-state index in [1.807, 2.05) is 51.2 Å². The lowest BCUT2D eigenvalue weighted by molar-refractivity contribution is 0.0677. The lowest BCUT2D eigenvalue weighted by Gasteiger charge is -2.38. The maximum Gasteiger partial charge on any atom is 0.266 e. The molecule has 4 atom stereocenters. The van der Waals surface area contributed by atoms with Crippen LogP contribution in [0.1, 0.15) is 51.1 Å². The summed E-state index contributed by atoms with van der Waals surface area (Å²) in [6, 6.07) is 10.2. The van der Waals surface area contributed by atoms with Crippen molar-refractivity contribution < 1.29 is 18.1 Å². The van der Waals surface area contributed by atoms with Crippen molar-refractivity contribution in [1.29, 1.82) is 0 Å². The van der Waals surface area contributed by atoms with Crippen LogP contribution in [0.5, 0.6) is 0 Å². The molecular formula is C22H40N2O4S. The Labute approximate surface area is 177 Å². The summed E-state index contributed by atoms with van der Waals surface area (Å²) in [6.07, 6.45) is 3.60. The summed E-state index contributed by atoms with van der Waals surface area (Å²) >= 11 is 0. The second-order valence-corrected chi connectivity index (χ2v) is 10.1. The topological polar surface area (TPSA) is 81.1 Å². The van der Waals surface area contributed by atoms with Gasteiger partial charge in [-0.15, -0.1) is 0 Å². The van der Waals surface area contributed by atoms with Crippen molar-refractivity contribution >= 4 is 10.1 Å². The predicted molar refractivity (Wildman–Crippen MR) is 120 cm³/mol. The van der Waals surface area contributed by atoms with Gasteiger partial charge in [0, 0.05) is 19.1 Å². The molecule has 1 aromatic rings. The van der Waals surface area contributed by atoms with Crippen LogP contribution in [-0.4, -0.2) is 74.0 Å². The van der Waals surface area contributed by atoms with Gasteiger partial charge in [0.25, 0.3) is 10.1 Å². The van der Waals surface area contributed by atoms with E-state index in [4.69, 9.17) is 0 Å².